The van der Waals surface area contributed by atoms with Crippen molar-refractivity contribution in [3.05, 3.63) is 69.4 Å². The van der Waals surface area contributed by atoms with E-state index in [2.05, 4.69) is 10.1 Å². The van der Waals surface area contributed by atoms with Crippen LogP contribution in [-0.2, 0) is 4.74 Å². The Hall–Kier alpha value is -3.55. The summed E-state index contributed by atoms with van der Waals surface area (Å²) in [5, 5.41) is 13.0. The Morgan fingerprint density at radius 2 is 1.92 bits per heavy atom. The number of methoxy groups -OCH3 is 1. The van der Waals surface area contributed by atoms with Gasteiger partial charge in [-0.25, -0.2) is 9.59 Å². The third-order valence-corrected chi connectivity index (χ3v) is 6.32. The smallest absolute Gasteiger partial charge is 0.410 e. The first-order valence-corrected chi connectivity index (χ1v) is 12.2. The van der Waals surface area contributed by atoms with Gasteiger partial charge in [-0.15, -0.1) is 0 Å². The summed E-state index contributed by atoms with van der Waals surface area (Å²) >= 11 is 0. The molecule has 0 aliphatic heterocycles. The number of ether oxygens (including phenoxy) is 2. The highest BCUT2D eigenvalue weighted by atomic mass is 16.5. The van der Waals surface area contributed by atoms with Gasteiger partial charge in [-0.2, -0.15) is 0 Å². The Balaban J connectivity index is 2.13. The summed E-state index contributed by atoms with van der Waals surface area (Å²) in [7, 11) is 1.28. The molecule has 0 saturated carbocycles. The van der Waals surface area contributed by atoms with Crippen LogP contribution in [0.15, 0.2) is 45.8 Å². The third kappa shape index (κ3) is 7.47. The molecule has 36 heavy (non-hydrogen) atoms. The van der Waals surface area contributed by atoms with E-state index in [0.29, 0.717) is 25.2 Å². The highest BCUT2D eigenvalue weighted by Crippen LogP contribution is 2.33. The third-order valence-electron chi connectivity index (χ3n) is 6.32. The van der Waals surface area contributed by atoms with E-state index in [-0.39, 0.29) is 23.1 Å². The predicted molar refractivity (Wildman–Crippen MR) is 138 cm³/mol. The fraction of sp³-hybridized carbons (Fsp3) is 0.464. The monoisotopic (exact) mass is 499 g/mol. The van der Waals surface area contributed by atoms with Gasteiger partial charge in [0.25, 0.3) is 0 Å². The molecular formula is C28H37NO7. The molecule has 0 radical (unpaired) electrons. The van der Waals surface area contributed by atoms with Crippen molar-refractivity contribution in [2.75, 3.05) is 13.7 Å². The molecule has 8 nitrogen and oxygen atoms in total. The van der Waals surface area contributed by atoms with E-state index in [1.807, 2.05) is 45.9 Å². The Morgan fingerprint density at radius 1 is 1.19 bits per heavy atom. The number of aromatic hydroxyl groups is 1. The molecule has 0 bridgehead atoms. The first-order valence-electron chi connectivity index (χ1n) is 12.2. The molecule has 8 heteroatoms. The van der Waals surface area contributed by atoms with E-state index in [4.69, 9.17) is 9.15 Å². The number of amides is 1. The number of rotatable bonds is 12. The number of aryl methyl sites for hydroxylation is 1. The molecule has 1 heterocycles. The van der Waals surface area contributed by atoms with Crippen molar-refractivity contribution in [3.8, 4) is 11.5 Å². The highest BCUT2D eigenvalue weighted by molar-refractivity contribution is 6.00. The number of benzene rings is 1. The van der Waals surface area contributed by atoms with E-state index in [1.54, 1.807) is 13.0 Å². The average molecular weight is 500 g/mol. The summed E-state index contributed by atoms with van der Waals surface area (Å²) in [5.74, 6) is -0.709. The molecule has 3 atom stereocenters. The van der Waals surface area contributed by atoms with E-state index in [0.717, 1.165) is 23.3 Å². The van der Waals surface area contributed by atoms with E-state index in [1.165, 1.54) is 19.4 Å². The quantitative estimate of drug-likeness (QED) is 0.354. The standard InChI is InChI=1S/C28H37NO7/c1-7-14-35-21-11-12-22(18(3)15-21)19(4)20(5)26(31)25-23(30)16-24(36-27(25)32)17(2)10-8-9-13-29-28(33)34-6/h9,11-13,15-17,19-20,30H,7-8,10,14H2,1-6H3,(H,29,33)/b13-9+. The normalized spacial score (nSPS) is 13.7. The Bertz CT molecular complexity index is 1140. The molecule has 0 spiro atoms. The number of Topliss-reactive ketones (excluding diaryl/α,β-unsaturated/α-hetero) is 1. The van der Waals surface area contributed by atoms with Crippen LogP contribution in [0.2, 0.25) is 0 Å². The lowest BCUT2D eigenvalue weighted by atomic mass is 9.82. The topological polar surface area (TPSA) is 115 Å². The molecule has 2 aromatic rings. The number of ketones is 1. The second-order valence-electron chi connectivity index (χ2n) is 9.02. The summed E-state index contributed by atoms with van der Waals surface area (Å²) < 4.78 is 15.6. The molecule has 2 rings (SSSR count). The first kappa shape index (κ1) is 28.7. The highest BCUT2D eigenvalue weighted by Gasteiger charge is 2.29. The van der Waals surface area contributed by atoms with Crippen LogP contribution in [0.1, 0.15) is 86.0 Å². The van der Waals surface area contributed by atoms with Crippen LogP contribution in [0.4, 0.5) is 4.79 Å². The van der Waals surface area contributed by atoms with Gasteiger partial charge in [-0.1, -0.05) is 39.8 Å². The molecule has 1 aromatic carbocycles. The number of nitrogens with one attached hydrogen (secondary N) is 1. The van der Waals surface area contributed by atoms with Gasteiger partial charge in [0.05, 0.1) is 13.7 Å². The largest absolute Gasteiger partial charge is 0.507 e. The molecule has 0 fully saturated rings. The summed E-state index contributed by atoms with van der Waals surface area (Å²) in [6.07, 6.45) is 4.76. The summed E-state index contributed by atoms with van der Waals surface area (Å²) in [4.78, 5) is 37.0. The van der Waals surface area contributed by atoms with Gasteiger partial charge in [0.1, 0.15) is 22.8 Å². The fourth-order valence-electron chi connectivity index (χ4n) is 3.92. The van der Waals surface area contributed by atoms with Crippen LogP contribution in [0.3, 0.4) is 0 Å². The zero-order valence-electron chi connectivity index (χ0n) is 21.9. The van der Waals surface area contributed by atoms with Gasteiger partial charge in [0, 0.05) is 24.1 Å². The number of carbonyl (C=O) groups is 2. The Kier molecular flexibility index (Phi) is 10.8. The summed E-state index contributed by atoms with van der Waals surface area (Å²) in [5.41, 5.74) is 0.799. The molecule has 0 aliphatic rings. The molecule has 0 aliphatic carbocycles. The van der Waals surface area contributed by atoms with E-state index < -0.39 is 23.4 Å². The Labute approximate surface area is 212 Å². The lowest BCUT2D eigenvalue weighted by Gasteiger charge is -2.22. The molecule has 196 valence electrons. The molecule has 1 aromatic heterocycles. The maximum absolute atomic E-state index is 13.2. The van der Waals surface area contributed by atoms with Gasteiger partial charge < -0.3 is 19.0 Å². The summed E-state index contributed by atoms with van der Waals surface area (Å²) in [6, 6.07) is 7.12. The number of carbonyl (C=O) groups excluding carboxylic acids is 2. The molecule has 1 amide bonds. The lowest BCUT2D eigenvalue weighted by molar-refractivity contribution is 0.0907. The van der Waals surface area contributed by atoms with Gasteiger partial charge in [-0.05, 0) is 55.4 Å². The minimum absolute atomic E-state index is 0.192. The number of hydrogen-bond acceptors (Lipinski definition) is 7. The van der Waals surface area contributed by atoms with Crippen molar-refractivity contribution in [3.63, 3.8) is 0 Å². The molecule has 0 saturated heterocycles. The van der Waals surface area contributed by atoms with E-state index in [9.17, 15) is 19.5 Å². The molecular weight excluding hydrogens is 462 g/mol. The van der Waals surface area contributed by atoms with Crippen LogP contribution in [-0.4, -0.2) is 30.7 Å². The van der Waals surface area contributed by atoms with Crippen LogP contribution in [0.5, 0.6) is 11.5 Å². The number of hydrogen-bond donors (Lipinski definition) is 2. The second kappa shape index (κ2) is 13.5. The average Bonchev–Trinajstić information content (AvgIpc) is 2.85. The van der Waals surface area contributed by atoms with Crippen molar-refractivity contribution in [1.82, 2.24) is 5.32 Å². The zero-order chi connectivity index (χ0) is 26.8. The minimum atomic E-state index is -0.844. The predicted octanol–water partition coefficient (Wildman–Crippen LogP) is 5.82. The van der Waals surface area contributed by atoms with Gasteiger partial charge in [0.2, 0.25) is 0 Å². The maximum atomic E-state index is 13.2. The van der Waals surface area contributed by atoms with Crippen molar-refractivity contribution in [1.29, 1.82) is 0 Å². The van der Waals surface area contributed by atoms with E-state index >= 15 is 0 Å². The van der Waals surface area contributed by atoms with Crippen LogP contribution in [0.25, 0.3) is 0 Å². The zero-order valence-corrected chi connectivity index (χ0v) is 21.9. The number of alkyl carbamates (subject to hydrolysis) is 1. The van der Waals surface area contributed by atoms with Crippen molar-refractivity contribution in [2.24, 2.45) is 5.92 Å². The van der Waals surface area contributed by atoms with Crippen molar-refractivity contribution >= 4 is 11.9 Å². The van der Waals surface area contributed by atoms with Crippen LogP contribution in [0, 0.1) is 12.8 Å². The van der Waals surface area contributed by atoms with Gasteiger partial charge in [0.15, 0.2) is 5.78 Å². The van der Waals surface area contributed by atoms with Gasteiger partial charge >= 0.3 is 11.7 Å². The number of allylic oxidation sites excluding steroid dienone is 1. The lowest BCUT2D eigenvalue weighted by Crippen LogP contribution is -2.24. The minimum Gasteiger partial charge on any atom is -0.507 e. The second-order valence-corrected chi connectivity index (χ2v) is 9.02. The van der Waals surface area contributed by atoms with Crippen LogP contribution < -0.4 is 15.7 Å². The molecule has 2 N–H and O–H groups in total. The first-order chi connectivity index (χ1) is 17.1. The molecule has 3 unspecified atom stereocenters. The van der Waals surface area contributed by atoms with Gasteiger partial charge in [-0.3, -0.25) is 10.1 Å². The maximum Gasteiger partial charge on any atom is 0.410 e. The Morgan fingerprint density at radius 3 is 2.53 bits per heavy atom. The SMILES string of the molecule is CCCOc1ccc(C(C)C(C)C(=O)c2c(O)cc(C(C)CC/C=C/NC(=O)OC)oc2=O)c(C)c1. The van der Waals surface area contributed by atoms with Crippen LogP contribution >= 0.6 is 0 Å². The van der Waals surface area contributed by atoms with Crippen molar-refractivity contribution in [2.45, 2.75) is 65.7 Å². The van der Waals surface area contributed by atoms with Crippen molar-refractivity contribution < 1.29 is 28.6 Å². The fourth-order valence-corrected chi connectivity index (χ4v) is 3.92. The summed E-state index contributed by atoms with van der Waals surface area (Å²) in [6.45, 7) is 10.2.